The fraction of sp³-hybridized carbons (Fsp3) is 0.120. The molecule has 0 bridgehead atoms. The third-order valence-corrected chi connectivity index (χ3v) is 6.34. The molecule has 0 heterocycles. The normalized spacial score (nSPS) is 11.4. The van der Waals surface area contributed by atoms with E-state index in [2.05, 4.69) is 36.2 Å². The third-order valence-electron chi connectivity index (χ3n) is 4.28. The molecule has 2 N–H and O–H groups in total. The van der Waals surface area contributed by atoms with Gasteiger partial charge in [-0.15, -0.1) is 0 Å². The summed E-state index contributed by atoms with van der Waals surface area (Å²) in [6, 6.07) is 25.8. The van der Waals surface area contributed by atoms with Gasteiger partial charge in [0.05, 0.1) is 5.69 Å². The van der Waals surface area contributed by atoms with Gasteiger partial charge in [-0.2, -0.15) is 0 Å². The van der Waals surface area contributed by atoms with E-state index in [4.69, 9.17) is 9.84 Å². The van der Waals surface area contributed by atoms with Crippen molar-refractivity contribution >= 4 is 41.3 Å². The van der Waals surface area contributed by atoms with Crippen LogP contribution in [0.15, 0.2) is 111 Å². The van der Waals surface area contributed by atoms with Gasteiger partial charge in [0.25, 0.3) is 0 Å². The van der Waals surface area contributed by atoms with Crippen LogP contribution >= 0.6 is 23.5 Å². The largest absolute Gasteiger partial charge is 0.478 e. The van der Waals surface area contributed by atoms with Crippen molar-refractivity contribution in [3.63, 3.8) is 0 Å². The van der Waals surface area contributed by atoms with Crippen LogP contribution in [-0.4, -0.2) is 23.3 Å². The maximum atomic E-state index is 12.3. The minimum absolute atomic E-state index is 0.00508. The van der Waals surface area contributed by atoms with Crippen LogP contribution in [0.25, 0.3) is 0 Å². The average Bonchev–Trinajstić information content (AvgIpc) is 2.76. The van der Waals surface area contributed by atoms with Crippen LogP contribution < -0.4 is 5.32 Å². The molecule has 1 unspecified atom stereocenters. The summed E-state index contributed by atoms with van der Waals surface area (Å²) in [6.07, 6.45) is -1.19. The lowest BCUT2D eigenvalue weighted by Gasteiger charge is -2.15. The van der Waals surface area contributed by atoms with Gasteiger partial charge in [-0.3, -0.25) is 5.32 Å². The summed E-state index contributed by atoms with van der Waals surface area (Å²) in [5.74, 6) is -1.10. The van der Waals surface area contributed by atoms with Gasteiger partial charge in [-0.25, -0.2) is 9.59 Å². The van der Waals surface area contributed by atoms with Crippen LogP contribution in [0.4, 0.5) is 10.5 Å². The van der Waals surface area contributed by atoms with Gasteiger partial charge in [0.2, 0.25) is 0 Å². The average molecular weight is 466 g/mol. The molecule has 0 aliphatic rings. The SMILES string of the molecule is C=C(CC(C)OC(=O)Nc1ccccc1Sc1cccc(Sc2ccccc2)c1)C(=O)O. The molecule has 0 aromatic heterocycles. The molecule has 5 nitrogen and oxygen atoms in total. The molecule has 0 radical (unpaired) electrons. The highest BCUT2D eigenvalue weighted by atomic mass is 32.2. The van der Waals surface area contributed by atoms with E-state index in [9.17, 15) is 9.59 Å². The first kappa shape index (κ1) is 23.5. The van der Waals surface area contributed by atoms with Crippen LogP contribution in [0.2, 0.25) is 0 Å². The van der Waals surface area contributed by atoms with Crippen molar-refractivity contribution in [2.45, 2.75) is 39.0 Å². The Morgan fingerprint density at radius 3 is 2.28 bits per heavy atom. The number of aliphatic carboxylic acids is 1. The number of benzene rings is 3. The van der Waals surface area contributed by atoms with E-state index >= 15 is 0 Å². The molecule has 0 aliphatic carbocycles. The van der Waals surface area contributed by atoms with E-state index in [0.29, 0.717) is 5.69 Å². The Balaban J connectivity index is 1.65. The summed E-state index contributed by atoms with van der Waals surface area (Å²) in [5.41, 5.74) is 0.613. The molecular formula is C25H23NO4S2. The highest BCUT2D eigenvalue weighted by molar-refractivity contribution is 8.00. The summed E-state index contributed by atoms with van der Waals surface area (Å²) in [7, 11) is 0. The minimum atomic E-state index is -1.10. The van der Waals surface area contributed by atoms with Gasteiger partial charge in [-0.05, 0) is 49.4 Å². The number of carbonyl (C=O) groups is 2. The molecule has 3 rings (SSSR count). The van der Waals surface area contributed by atoms with Crippen molar-refractivity contribution < 1.29 is 19.4 Å². The Morgan fingerprint density at radius 2 is 1.56 bits per heavy atom. The zero-order valence-corrected chi connectivity index (χ0v) is 19.1. The van der Waals surface area contributed by atoms with E-state index in [1.54, 1.807) is 24.8 Å². The van der Waals surface area contributed by atoms with Crippen LogP contribution in [0.5, 0.6) is 0 Å². The second-order valence-corrected chi connectivity index (χ2v) is 9.20. The number of carboxylic acids is 1. The number of amides is 1. The molecule has 3 aromatic carbocycles. The lowest BCUT2D eigenvalue weighted by atomic mass is 10.1. The lowest BCUT2D eigenvalue weighted by Crippen LogP contribution is -2.21. The summed E-state index contributed by atoms with van der Waals surface area (Å²) in [4.78, 5) is 27.4. The molecule has 0 saturated carbocycles. The van der Waals surface area contributed by atoms with Crippen molar-refractivity contribution in [3.8, 4) is 0 Å². The maximum Gasteiger partial charge on any atom is 0.411 e. The number of para-hydroxylation sites is 1. The van der Waals surface area contributed by atoms with Crippen molar-refractivity contribution in [2.75, 3.05) is 5.32 Å². The Bertz CT molecular complexity index is 1100. The summed E-state index contributed by atoms with van der Waals surface area (Å²) >= 11 is 3.23. The zero-order valence-electron chi connectivity index (χ0n) is 17.5. The second kappa shape index (κ2) is 11.5. The Kier molecular flexibility index (Phi) is 8.41. The molecule has 0 saturated heterocycles. The topological polar surface area (TPSA) is 75.6 Å². The zero-order chi connectivity index (χ0) is 22.9. The molecular weight excluding hydrogens is 442 g/mol. The van der Waals surface area contributed by atoms with E-state index in [-0.39, 0.29) is 12.0 Å². The van der Waals surface area contributed by atoms with Gasteiger partial charge in [0, 0.05) is 31.6 Å². The van der Waals surface area contributed by atoms with Gasteiger partial charge >= 0.3 is 12.1 Å². The third kappa shape index (κ3) is 7.21. The molecule has 164 valence electrons. The quantitative estimate of drug-likeness (QED) is 0.333. The van der Waals surface area contributed by atoms with E-state index in [0.717, 1.165) is 14.7 Å². The Hall–Kier alpha value is -3.16. The number of rotatable bonds is 9. The fourth-order valence-electron chi connectivity index (χ4n) is 2.81. The number of hydrogen-bond acceptors (Lipinski definition) is 5. The van der Waals surface area contributed by atoms with Crippen LogP contribution in [-0.2, 0) is 9.53 Å². The predicted molar refractivity (Wildman–Crippen MR) is 129 cm³/mol. The highest BCUT2D eigenvalue weighted by Gasteiger charge is 2.15. The van der Waals surface area contributed by atoms with Crippen LogP contribution in [0.3, 0.4) is 0 Å². The van der Waals surface area contributed by atoms with Crippen molar-refractivity contribution in [2.24, 2.45) is 0 Å². The Labute approximate surface area is 195 Å². The lowest BCUT2D eigenvalue weighted by molar-refractivity contribution is -0.133. The molecule has 0 spiro atoms. The van der Waals surface area contributed by atoms with Crippen molar-refractivity contribution in [1.82, 2.24) is 0 Å². The van der Waals surface area contributed by atoms with E-state index in [1.807, 2.05) is 48.5 Å². The minimum Gasteiger partial charge on any atom is -0.478 e. The monoisotopic (exact) mass is 465 g/mol. The molecule has 1 amide bonds. The second-order valence-electron chi connectivity index (χ2n) is 6.94. The van der Waals surface area contributed by atoms with Gasteiger partial charge < -0.3 is 9.84 Å². The van der Waals surface area contributed by atoms with Crippen LogP contribution in [0, 0.1) is 0 Å². The summed E-state index contributed by atoms with van der Waals surface area (Å²) in [6.45, 7) is 5.09. The fourth-order valence-corrected chi connectivity index (χ4v) is 4.74. The maximum absolute atomic E-state index is 12.3. The molecule has 0 fully saturated rings. The van der Waals surface area contributed by atoms with E-state index < -0.39 is 18.2 Å². The summed E-state index contributed by atoms with van der Waals surface area (Å²) in [5, 5.41) is 11.7. The first-order valence-electron chi connectivity index (χ1n) is 9.89. The Morgan fingerprint density at radius 1 is 0.938 bits per heavy atom. The molecule has 3 aromatic rings. The van der Waals surface area contributed by atoms with Crippen molar-refractivity contribution in [1.29, 1.82) is 0 Å². The molecule has 0 aliphatic heterocycles. The first-order valence-corrected chi connectivity index (χ1v) is 11.5. The molecule has 32 heavy (non-hydrogen) atoms. The number of carboxylic acid groups (broad SMARTS) is 1. The number of carbonyl (C=O) groups excluding carboxylic acids is 1. The predicted octanol–water partition coefficient (Wildman–Crippen LogP) is 6.96. The van der Waals surface area contributed by atoms with Gasteiger partial charge in [0.1, 0.15) is 6.10 Å². The molecule has 1 atom stereocenters. The molecule has 7 heteroatoms. The van der Waals surface area contributed by atoms with Gasteiger partial charge in [-0.1, -0.05) is 66.5 Å². The number of ether oxygens (including phenoxy) is 1. The van der Waals surface area contributed by atoms with E-state index in [1.165, 1.54) is 16.7 Å². The number of nitrogens with one attached hydrogen (secondary N) is 1. The van der Waals surface area contributed by atoms with Crippen molar-refractivity contribution in [3.05, 3.63) is 91.0 Å². The van der Waals surface area contributed by atoms with Gasteiger partial charge in [0.15, 0.2) is 0 Å². The standard InChI is InChI=1S/C25H23NO4S2/c1-17(24(27)28)15-18(2)30-25(29)26-22-13-6-7-14-23(22)32-21-12-8-11-20(16-21)31-19-9-4-3-5-10-19/h3-14,16,18H,1,15H2,2H3,(H,26,29)(H,27,28). The summed E-state index contributed by atoms with van der Waals surface area (Å²) < 4.78 is 5.28. The number of hydrogen-bond donors (Lipinski definition) is 2. The first-order chi connectivity index (χ1) is 15.4. The highest BCUT2D eigenvalue weighted by Crippen LogP contribution is 2.36. The number of anilines is 1. The van der Waals surface area contributed by atoms with Crippen LogP contribution in [0.1, 0.15) is 13.3 Å². The smallest absolute Gasteiger partial charge is 0.411 e.